The zero-order valence-electron chi connectivity index (χ0n) is 12.9. The van der Waals surface area contributed by atoms with Crippen LogP contribution in [0.15, 0.2) is 22.7 Å². The number of nitrogens with zero attached hydrogens (tertiary/aromatic N) is 1. The number of benzene rings is 1. The number of ether oxygens (including phenoxy) is 3. The van der Waals surface area contributed by atoms with Crippen molar-refractivity contribution in [2.75, 3.05) is 26.9 Å². The second kappa shape index (κ2) is 9.30. The Kier molecular flexibility index (Phi) is 7.73. The van der Waals surface area contributed by atoms with Crippen LogP contribution in [0.25, 0.3) is 0 Å². The maximum absolute atomic E-state index is 11.7. The van der Waals surface area contributed by atoms with Gasteiger partial charge in [-0.1, -0.05) is 15.9 Å². The van der Waals surface area contributed by atoms with E-state index < -0.39 is 12.1 Å². The molecular weight excluding hydrogens is 354 g/mol. The summed E-state index contributed by atoms with van der Waals surface area (Å²) in [7, 11) is 1.63. The third-order valence-electron chi connectivity index (χ3n) is 2.66. The molecule has 0 aliphatic carbocycles. The molecule has 0 aliphatic heterocycles. The SMILES string of the molecule is CCOC(=O)COc1ccc(Br)cc1CN(C)C(=O)OCC. The summed E-state index contributed by atoms with van der Waals surface area (Å²) in [5.41, 5.74) is 0.759. The lowest BCUT2D eigenvalue weighted by Crippen LogP contribution is -2.27. The van der Waals surface area contributed by atoms with E-state index in [0.717, 1.165) is 10.0 Å². The van der Waals surface area contributed by atoms with Gasteiger partial charge in [-0.15, -0.1) is 0 Å². The van der Waals surface area contributed by atoms with Crippen molar-refractivity contribution in [3.05, 3.63) is 28.2 Å². The van der Waals surface area contributed by atoms with Crippen LogP contribution in [0, 0.1) is 0 Å². The topological polar surface area (TPSA) is 65.1 Å². The summed E-state index contributed by atoms with van der Waals surface area (Å²) >= 11 is 3.38. The highest BCUT2D eigenvalue weighted by Gasteiger charge is 2.14. The van der Waals surface area contributed by atoms with Crippen molar-refractivity contribution in [3.8, 4) is 5.75 Å². The summed E-state index contributed by atoms with van der Waals surface area (Å²) < 4.78 is 16.1. The molecule has 0 spiro atoms. The molecule has 0 bridgehead atoms. The molecular formula is C15H20BrNO5. The smallest absolute Gasteiger partial charge is 0.409 e. The van der Waals surface area contributed by atoms with E-state index in [2.05, 4.69) is 15.9 Å². The van der Waals surface area contributed by atoms with E-state index in [1.165, 1.54) is 4.90 Å². The predicted octanol–water partition coefficient (Wildman–Crippen LogP) is 2.98. The Morgan fingerprint density at radius 2 is 1.86 bits per heavy atom. The zero-order chi connectivity index (χ0) is 16.5. The first-order chi connectivity index (χ1) is 10.5. The summed E-state index contributed by atoms with van der Waals surface area (Å²) in [5.74, 6) is 0.0857. The molecule has 0 heterocycles. The monoisotopic (exact) mass is 373 g/mol. The van der Waals surface area contributed by atoms with Crippen molar-refractivity contribution in [2.24, 2.45) is 0 Å². The van der Waals surface area contributed by atoms with Gasteiger partial charge in [-0.3, -0.25) is 0 Å². The molecule has 1 amide bonds. The van der Waals surface area contributed by atoms with Gasteiger partial charge in [0.05, 0.1) is 19.8 Å². The number of carbonyl (C=O) groups excluding carboxylic acids is 2. The zero-order valence-corrected chi connectivity index (χ0v) is 14.5. The van der Waals surface area contributed by atoms with E-state index in [1.54, 1.807) is 33.0 Å². The lowest BCUT2D eigenvalue weighted by atomic mass is 10.2. The van der Waals surface area contributed by atoms with E-state index in [0.29, 0.717) is 25.5 Å². The molecule has 0 saturated carbocycles. The molecule has 0 unspecified atom stereocenters. The standard InChI is InChI=1S/C15H20BrNO5/c1-4-20-14(18)10-22-13-7-6-12(16)8-11(13)9-17(3)15(19)21-5-2/h6-8H,4-5,9-10H2,1-3H3. The van der Waals surface area contributed by atoms with Gasteiger partial charge in [0.1, 0.15) is 5.75 Å². The van der Waals surface area contributed by atoms with Crippen molar-refractivity contribution < 1.29 is 23.8 Å². The number of esters is 1. The summed E-state index contributed by atoms with van der Waals surface area (Å²) in [4.78, 5) is 24.5. The van der Waals surface area contributed by atoms with Crippen molar-refractivity contribution in [1.82, 2.24) is 4.90 Å². The summed E-state index contributed by atoms with van der Waals surface area (Å²) in [6.45, 7) is 4.23. The molecule has 0 aliphatic rings. The average molecular weight is 374 g/mol. The highest BCUT2D eigenvalue weighted by Crippen LogP contribution is 2.24. The van der Waals surface area contributed by atoms with Gasteiger partial charge in [-0.2, -0.15) is 0 Å². The van der Waals surface area contributed by atoms with Crippen LogP contribution in [0.1, 0.15) is 19.4 Å². The molecule has 0 atom stereocenters. The van der Waals surface area contributed by atoms with Crippen LogP contribution < -0.4 is 4.74 Å². The molecule has 7 heteroatoms. The molecule has 0 fully saturated rings. The number of hydrogen-bond donors (Lipinski definition) is 0. The minimum atomic E-state index is -0.435. The van der Waals surface area contributed by atoms with Crippen LogP contribution in [0.4, 0.5) is 4.79 Å². The lowest BCUT2D eigenvalue weighted by molar-refractivity contribution is -0.145. The van der Waals surface area contributed by atoms with Gasteiger partial charge in [0, 0.05) is 17.1 Å². The Morgan fingerprint density at radius 1 is 1.18 bits per heavy atom. The summed E-state index contributed by atoms with van der Waals surface area (Å²) in [6.07, 6.45) is -0.418. The fourth-order valence-corrected chi connectivity index (χ4v) is 2.11. The third-order valence-corrected chi connectivity index (χ3v) is 3.15. The Bertz CT molecular complexity index is 521. The highest BCUT2D eigenvalue weighted by atomic mass is 79.9. The molecule has 1 aromatic rings. The van der Waals surface area contributed by atoms with Crippen LogP contribution in [-0.4, -0.2) is 43.8 Å². The Hall–Kier alpha value is -1.76. The largest absolute Gasteiger partial charge is 0.482 e. The molecule has 22 heavy (non-hydrogen) atoms. The molecule has 0 N–H and O–H groups in total. The Morgan fingerprint density at radius 3 is 2.50 bits per heavy atom. The maximum atomic E-state index is 11.7. The van der Waals surface area contributed by atoms with Gasteiger partial charge in [-0.25, -0.2) is 9.59 Å². The first kappa shape index (κ1) is 18.3. The van der Waals surface area contributed by atoms with E-state index in [1.807, 2.05) is 6.07 Å². The average Bonchev–Trinajstić information content (AvgIpc) is 2.47. The van der Waals surface area contributed by atoms with Crippen LogP contribution in [-0.2, 0) is 20.8 Å². The number of rotatable bonds is 7. The van der Waals surface area contributed by atoms with Gasteiger partial charge < -0.3 is 19.1 Å². The normalized spacial score (nSPS) is 10.0. The fourth-order valence-electron chi connectivity index (χ4n) is 1.71. The number of halogens is 1. The number of hydrogen-bond acceptors (Lipinski definition) is 5. The van der Waals surface area contributed by atoms with Gasteiger partial charge in [0.25, 0.3) is 0 Å². The van der Waals surface area contributed by atoms with E-state index in [-0.39, 0.29) is 6.61 Å². The first-order valence-electron chi connectivity index (χ1n) is 6.92. The minimum absolute atomic E-state index is 0.175. The number of amides is 1. The van der Waals surface area contributed by atoms with Crippen molar-refractivity contribution in [1.29, 1.82) is 0 Å². The second-order valence-corrected chi connectivity index (χ2v) is 5.32. The lowest BCUT2D eigenvalue weighted by Gasteiger charge is -2.19. The Balaban J connectivity index is 2.77. The van der Waals surface area contributed by atoms with Crippen molar-refractivity contribution in [2.45, 2.75) is 20.4 Å². The van der Waals surface area contributed by atoms with E-state index in [9.17, 15) is 9.59 Å². The van der Waals surface area contributed by atoms with E-state index in [4.69, 9.17) is 14.2 Å². The maximum Gasteiger partial charge on any atom is 0.409 e. The van der Waals surface area contributed by atoms with Gasteiger partial charge in [0.2, 0.25) is 0 Å². The van der Waals surface area contributed by atoms with Gasteiger partial charge in [-0.05, 0) is 32.0 Å². The highest BCUT2D eigenvalue weighted by molar-refractivity contribution is 9.10. The molecule has 6 nitrogen and oxygen atoms in total. The minimum Gasteiger partial charge on any atom is -0.482 e. The summed E-state index contributed by atoms with van der Waals surface area (Å²) in [5, 5.41) is 0. The van der Waals surface area contributed by atoms with E-state index >= 15 is 0 Å². The quantitative estimate of drug-likeness (QED) is 0.687. The molecule has 1 aromatic carbocycles. The van der Waals surface area contributed by atoms with Crippen LogP contribution in [0.3, 0.4) is 0 Å². The molecule has 122 valence electrons. The van der Waals surface area contributed by atoms with Crippen LogP contribution in [0.5, 0.6) is 5.75 Å². The van der Waals surface area contributed by atoms with Crippen molar-refractivity contribution >= 4 is 28.0 Å². The molecule has 1 rings (SSSR count). The van der Waals surface area contributed by atoms with Crippen LogP contribution in [0.2, 0.25) is 0 Å². The fraction of sp³-hybridized carbons (Fsp3) is 0.467. The van der Waals surface area contributed by atoms with Gasteiger partial charge in [0.15, 0.2) is 6.61 Å². The Labute approximate surface area is 138 Å². The van der Waals surface area contributed by atoms with Crippen molar-refractivity contribution in [3.63, 3.8) is 0 Å². The molecule has 0 radical (unpaired) electrons. The summed E-state index contributed by atoms with van der Waals surface area (Å²) in [6, 6.07) is 5.36. The van der Waals surface area contributed by atoms with Crippen LogP contribution >= 0.6 is 15.9 Å². The second-order valence-electron chi connectivity index (χ2n) is 4.40. The molecule has 0 aromatic heterocycles. The number of carbonyl (C=O) groups is 2. The molecule has 0 saturated heterocycles. The third kappa shape index (κ3) is 5.93. The van der Waals surface area contributed by atoms with Gasteiger partial charge >= 0.3 is 12.1 Å². The predicted molar refractivity (Wildman–Crippen MR) is 84.8 cm³/mol. The first-order valence-corrected chi connectivity index (χ1v) is 7.72.